The molecule has 0 unspecified atom stereocenters. The molecule has 0 aliphatic carbocycles. The van der Waals surface area contributed by atoms with E-state index in [0.29, 0.717) is 18.2 Å². The fraction of sp³-hybridized carbons (Fsp3) is 0. The van der Waals surface area contributed by atoms with Crippen molar-refractivity contribution in [3.63, 3.8) is 0 Å². The van der Waals surface area contributed by atoms with Gasteiger partial charge in [0.15, 0.2) is 5.75 Å². The number of phenols is 2. The summed E-state index contributed by atoms with van der Waals surface area (Å²) in [6, 6.07) is 9.44. The van der Waals surface area contributed by atoms with E-state index in [-0.39, 0.29) is 28.1 Å². The number of aromatic hydroxyl groups is 2. The van der Waals surface area contributed by atoms with E-state index in [1.54, 1.807) is 0 Å². The maximum atomic E-state index is 12.8. The maximum Gasteiger partial charge on any atom is 3.00 e. The molecule has 0 heterocycles. The molecule has 6 aromatic rings. The number of rotatable bonds is 10. The molecule has 65 heavy (non-hydrogen) atoms. The largest absolute Gasteiger partial charge is 3.00 e. The molecule has 1 radical (unpaired) electrons. The summed E-state index contributed by atoms with van der Waals surface area (Å²) in [7, 11) is -20.0. The van der Waals surface area contributed by atoms with Crippen LogP contribution in [0.15, 0.2) is 113 Å². The molecule has 0 fully saturated rings. The van der Waals surface area contributed by atoms with Gasteiger partial charge in [0.2, 0.25) is 0 Å². The van der Waals surface area contributed by atoms with Crippen LogP contribution in [-0.4, -0.2) is 71.9 Å². The Hall–Kier alpha value is -7.19. The molecular formula is C32H21CrN8O20S4. The first-order valence-electron chi connectivity index (χ1n) is 16.2. The van der Waals surface area contributed by atoms with Gasteiger partial charge in [0.05, 0.1) is 31.0 Å². The van der Waals surface area contributed by atoms with Crippen molar-refractivity contribution in [1.29, 1.82) is 0 Å². The molecule has 0 aliphatic heterocycles. The number of nitro groups is 2. The van der Waals surface area contributed by atoms with Crippen LogP contribution < -0.4 is 21.7 Å². The van der Waals surface area contributed by atoms with Gasteiger partial charge < -0.3 is 36.4 Å². The molecular weight excluding hydrogens is 997 g/mol. The fourth-order valence-corrected chi connectivity index (χ4v) is 7.86. The first kappa shape index (κ1) is 50.5. The summed E-state index contributed by atoms with van der Waals surface area (Å²) in [6.45, 7) is 0. The molecule has 0 aromatic heterocycles. The summed E-state index contributed by atoms with van der Waals surface area (Å²) in [5.74, 6) is -3.58. The number of nitrogens with zero attached hydrogens (tertiary/aromatic N) is 6. The van der Waals surface area contributed by atoms with Gasteiger partial charge >= 0.3 is 17.4 Å². The number of nitrogen functional groups attached to an aromatic ring is 2. The molecule has 339 valence electrons. The molecule has 0 spiro atoms. The molecule has 33 heteroatoms. The Morgan fingerprint density at radius 3 is 1.52 bits per heavy atom. The number of hydrogen-bond acceptors (Lipinski definition) is 23. The third kappa shape index (κ3) is 11.0. The number of phenolic OH excluding ortho intramolecular Hbond substituents is 2. The number of nitrogens with two attached hydrogens (primary N) is 2. The Morgan fingerprint density at radius 1 is 0.554 bits per heavy atom. The molecule has 6 aromatic carbocycles. The Bertz CT molecular complexity index is 3300. The topological polar surface area (TPSA) is 495 Å². The van der Waals surface area contributed by atoms with Crippen LogP contribution >= 0.6 is 0 Å². The summed E-state index contributed by atoms with van der Waals surface area (Å²) in [4.78, 5) is 16.4. The molecule has 0 atom stereocenters. The molecule has 0 saturated carbocycles. The zero-order valence-electron chi connectivity index (χ0n) is 31.2. The van der Waals surface area contributed by atoms with Gasteiger partial charge in [-0.15, -0.1) is 15.3 Å². The zero-order chi connectivity index (χ0) is 48.0. The Kier molecular flexibility index (Phi) is 14.1. The molecule has 0 saturated heterocycles. The summed E-state index contributed by atoms with van der Waals surface area (Å²) in [5, 5.41) is 79.1. The smallest absolute Gasteiger partial charge is 0.871 e. The van der Waals surface area contributed by atoms with Crippen LogP contribution in [0.5, 0.6) is 23.0 Å². The number of benzene rings is 6. The van der Waals surface area contributed by atoms with E-state index >= 15 is 0 Å². The van der Waals surface area contributed by atoms with Gasteiger partial charge in [0, 0.05) is 41.0 Å². The predicted molar refractivity (Wildman–Crippen MR) is 211 cm³/mol. The molecule has 6 rings (SSSR count). The van der Waals surface area contributed by atoms with Gasteiger partial charge in [-0.25, -0.2) is 8.42 Å². The van der Waals surface area contributed by atoms with E-state index in [9.17, 15) is 92.5 Å². The average molecular weight is 1020 g/mol. The van der Waals surface area contributed by atoms with Crippen LogP contribution in [-0.2, 0) is 57.8 Å². The predicted octanol–water partition coefficient (Wildman–Crippen LogP) is 3.69. The van der Waals surface area contributed by atoms with Crippen molar-refractivity contribution >= 4 is 108 Å². The van der Waals surface area contributed by atoms with Crippen LogP contribution in [0.3, 0.4) is 0 Å². The van der Waals surface area contributed by atoms with E-state index in [1.807, 2.05) is 0 Å². The van der Waals surface area contributed by atoms with E-state index < -0.39 is 149 Å². The SMILES string of the molecule is Nc1cc(S(=O)(=O)O)cc2cc(S(=O)(=O)O)c(N=Nc3cc([N+](=O)[O-])ccc3O)c(O)c12.Nc1cc(S(=O)(=O)[O-])cc2cc(S(=O)(=O)O)c(N=Nc3cc([N+](=O)[O-])ccc3[O-])c([O-])c12.[Cr+3]. The first-order valence-corrected chi connectivity index (χ1v) is 21.9. The van der Waals surface area contributed by atoms with Crippen LogP contribution in [0.25, 0.3) is 21.5 Å². The van der Waals surface area contributed by atoms with Gasteiger partial charge in [-0.05, 0) is 58.6 Å². The first-order chi connectivity index (χ1) is 29.4. The van der Waals surface area contributed by atoms with Crippen molar-refractivity contribution in [2.45, 2.75) is 19.6 Å². The van der Waals surface area contributed by atoms with Crippen molar-refractivity contribution in [2.75, 3.05) is 11.5 Å². The minimum absolute atomic E-state index is 0. The standard InChI is InChI=1S/2C16H12N4O10S2.Cr/c2*17-10-6-9(31(25,26)27)3-7-4-13(32(28,29)30)15(16(22)14(7)10)19-18-11-5-8(20(23)24)1-2-12(11)21;/h2*1-6,21-22H,17H2,(H,25,26,27)(H,28,29,30);/q;;+3/p-3. The van der Waals surface area contributed by atoms with E-state index in [1.165, 1.54) is 0 Å². The van der Waals surface area contributed by atoms with Crippen LogP contribution in [0, 0.1) is 20.2 Å². The number of non-ortho nitro benzene ring substituents is 2. The number of azo groups is 2. The van der Waals surface area contributed by atoms with Crippen molar-refractivity contribution in [3.05, 3.63) is 93.0 Å². The third-order valence-electron chi connectivity index (χ3n) is 8.27. The summed E-state index contributed by atoms with van der Waals surface area (Å²) in [5.41, 5.74) is 6.53. The van der Waals surface area contributed by atoms with E-state index in [2.05, 4.69) is 20.5 Å². The second kappa shape index (κ2) is 18.1. The number of fused-ring (bicyclic) bond motifs is 2. The van der Waals surface area contributed by atoms with Gasteiger partial charge in [-0.1, -0.05) is 17.6 Å². The molecule has 0 aliphatic rings. The second-order valence-electron chi connectivity index (χ2n) is 12.5. The third-order valence-corrected chi connectivity index (χ3v) is 11.6. The number of nitro benzene ring substituents is 2. The van der Waals surface area contributed by atoms with Crippen molar-refractivity contribution in [2.24, 2.45) is 20.5 Å². The molecule has 0 amide bonds. The van der Waals surface area contributed by atoms with E-state index in [4.69, 9.17) is 11.5 Å². The van der Waals surface area contributed by atoms with Crippen LogP contribution in [0.1, 0.15) is 0 Å². The maximum absolute atomic E-state index is 12.8. The summed E-state index contributed by atoms with van der Waals surface area (Å²) < 4.78 is 132. The minimum Gasteiger partial charge on any atom is -0.871 e. The average Bonchev–Trinajstić information content (AvgIpc) is 3.16. The second-order valence-corrected chi connectivity index (χ2v) is 18.0. The van der Waals surface area contributed by atoms with Crippen LogP contribution in [0.4, 0.5) is 45.5 Å². The quantitative estimate of drug-likeness (QED) is 0.0338. The molecule has 0 bridgehead atoms. The fourth-order valence-electron chi connectivity index (χ4n) is 5.45. The summed E-state index contributed by atoms with van der Waals surface area (Å²) >= 11 is 0. The van der Waals surface area contributed by atoms with E-state index in [0.717, 1.165) is 54.6 Å². The van der Waals surface area contributed by atoms with Crippen molar-refractivity contribution < 1.29 is 99.5 Å². The van der Waals surface area contributed by atoms with Crippen LogP contribution in [0.2, 0.25) is 0 Å². The molecule has 9 N–H and O–H groups in total. The molecule has 28 nitrogen and oxygen atoms in total. The monoisotopic (exact) mass is 1020 g/mol. The summed E-state index contributed by atoms with van der Waals surface area (Å²) in [6.07, 6.45) is 0. The zero-order valence-corrected chi connectivity index (χ0v) is 35.7. The Morgan fingerprint density at radius 2 is 1.00 bits per heavy atom. The van der Waals surface area contributed by atoms with Crippen molar-refractivity contribution in [3.8, 4) is 23.0 Å². The van der Waals surface area contributed by atoms with Gasteiger partial charge in [-0.2, -0.15) is 30.4 Å². The normalized spacial score (nSPS) is 12.2. The van der Waals surface area contributed by atoms with Gasteiger partial charge in [-0.3, -0.25) is 33.9 Å². The number of anilines is 2. The van der Waals surface area contributed by atoms with Gasteiger partial charge in [0.25, 0.3) is 41.7 Å². The van der Waals surface area contributed by atoms with Crippen molar-refractivity contribution in [1.82, 2.24) is 0 Å². The van der Waals surface area contributed by atoms with Gasteiger partial charge in [0.1, 0.15) is 37.0 Å². The Balaban J connectivity index is 0.000000280. The number of hydrogen-bond donors (Lipinski definition) is 7. The minimum atomic E-state index is -5.15. The Labute approximate surface area is 372 Å².